The maximum atomic E-state index is 13.8. The minimum atomic E-state index is -0.504. The third-order valence-electron chi connectivity index (χ3n) is 4.39. The standard InChI is InChI=1S/C21H18FN3O3S2/c1-2-14-10-15-19(30-14)24-21(25(20(15)27)11-13-6-5-9-28-13)29-12-18(26)23-17-8-4-3-7-16(17)22/h3-10H,2,11-12H2,1H3,(H,23,26). The highest BCUT2D eigenvalue weighted by molar-refractivity contribution is 7.99. The highest BCUT2D eigenvalue weighted by Gasteiger charge is 2.17. The Balaban J connectivity index is 1.62. The number of nitrogens with zero attached hydrogens (tertiary/aromatic N) is 2. The molecule has 1 N–H and O–H groups in total. The van der Waals surface area contributed by atoms with E-state index in [0.717, 1.165) is 23.1 Å². The van der Waals surface area contributed by atoms with Crippen LogP contribution in [0.1, 0.15) is 17.6 Å². The van der Waals surface area contributed by atoms with Gasteiger partial charge >= 0.3 is 0 Å². The fourth-order valence-electron chi connectivity index (χ4n) is 2.91. The van der Waals surface area contributed by atoms with Crippen LogP contribution in [0.15, 0.2) is 63.1 Å². The number of furan rings is 1. The fraction of sp³-hybridized carbons (Fsp3) is 0.190. The summed E-state index contributed by atoms with van der Waals surface area (Å²) in [5.41, 5.74) is -0.0605. The van der Waals surface area contributed by atoms with Crippen molar-refractivity contribution >= 4 is 44.9 Å². The van der Waals surface area contributed by atoms with E-state index in [1.165, 1.54) is 28.0 Å². The van der Waals surface area contributed by atoms with Gasteiger partial charge < -0.3 is 9.73 Å². The molecule has 0 saturated heterocycles. The van der Waals surface area contributed by atoms with Gasteiger partial charge in [-0.3, -0.25) is 14.2 Å². The third kappa shape index (κ3) is 4.31. The average Bonchev–Trinajstić information content (AvgIpc) is 3.40. The number of halogens is 1. The van der Waals surface area contributed by atoms with Crippen LogP contribution in [0.25, 0.3) is 10.2 Å². The van der Waals surface area contributed by atoms with Crippen LogP contribution in [0, 0.1) is 5.82 Å². The first-order valence-corrected chi connectivity index (χ1v) is 11.1. The number of thioether (sulfide) groups is 1. The summed E-state index contributed by atoms with van der Waals surface area (Å²) in [6.45, 7) is 2.23. The van der Waals surface area contributed by atoms with Crippen LogP contribution in [0.4, 0.5) is 10.1 Å². The molecule has 0 aliphatic rings. The number of fused-ring (bicyclic) bond motifs is 1. The van der Waals surface area contributed by atoms with E-state index in [-0.39, 0.29) is 29.5 Å². The quantitative estimate of drug-likeness (QED) is 0.335. The zero-order valence-electron chi connectivity index (χ0n) is 16.1. The van der Waals surface area contributed by atoms with Gasteiger partial charge in [0.2, 0.25) is 5.91 Å². The first-order chi connectivity index (χ1) is 14.5. The van der Waals surface area contributed by atoms with Gasteiger partial charge in [0, 0.05) is 4.88 Å². The molecular weight excluding hydrogens is 425 g/mol. The molecule has 0 bridgehead atoms. The number of hydrogen-bond donors (Lipinski definition) is 1. The molecule has 0 unspecified atom stereocenters. The van der Waals surface area contributed by atoms with Crippen molar-refractivity contribution in [1.29, 1.82) is 0 Å². The van der Waals surface area contributed by atoms with E-state index in [2.05, 4.69) is 10.3 Å². The van der Waals surface area contributed by atoms with Gasteiger partial charge in [0.15, 0.2) is 5.16 Å². The van der Waals surface area contributed by atoms with E-state index >= 15 is 0 Å². The molecule has 0 radical (unpaired) electrons. The van der Waals surface area contributed by atoms with E-state index in [9.17, 15) is 14.0 Å². The molecule has 0 fully saturated rings. The lowest BCUT2D eigenvalue weighted by atomic mass is 10.3. The van der Waals surface area contributed by atoms with Crippen LogP contribution in [-0.2, 0) is 17.8 Å². The molecule has 4 rings (SSSR count). The molecule has 0 atom stereocenters. The van der Waals surface area contributed by atoms with Gasteiger partial charge in [0.25, 0.3) is 5.56 Å². The summed E-state index contributed by atoms with van der Waals surface area (Å²) in [5, 5.41) is 3.52. The van der Waals surface area contributed by atoms with E-state index in [1.54, 1.807) is 30.5 Å². The predicted octanol–water partition coefficient (Wildman–Crippen LogP) is 4.53. The van der Waals surface area contributed by atoms with Crippen LogP contribution in [-0.4, -0.2) is 21.2 Å². The zero-order chi connectivity index (χ0) is 21.1. The van der Waals surface area contributed by atoms with E-state index in [1.807, 2.05) is 13.0 Å². The van der Waals surface area contributed by atoms with Gasteiger partial charge in [-0.15, -0.1) is 11.3 Å². The first-order valence-electron chi connectivity index (χ1n) is 9.28. The van der Waals surface area contributed by atoms with Crippen molar-refractivity contribution in [3.05, 3.63) is 75.5 Å². The van der Waals surface area contributed by atoms with Crippen molar-refractivity contribution in [2.45, 2.75) is 25.0 Å². The molecule has 0 aliphatic carbocycles. The Labute approximate surface area is 179 Å². The van der Waals surface area contributed by atoms with Crippen LogP contribution >= 0.6 is 23.1 Å². The molecule has 0 saturated carbocycles. The van der Waals surface area contributed by atoms with Gasteiger partial charge in [-0.25, -0.2) is 9.37 Å². The molecule has 0 spiro atoms. The molecule has 154 valence electrons. The van der Waals surface area contributed by atoms with Crippen molar-refractivity contribution in [2.24, 2.45) is 0 Å². The summed E-state index contributed by atoms with van der Waals surface area (Å²) in [7, 11) is 0. The number of anilines is 1. The van der Waals surface area contributed by atoms with E-state index in [0.29, 0.717) is 21.1 Å². The van der Waals surface area contributed by atoms with Crippen LogP contribution in [0.5, 0.6) is 0 Å². The largest absolute Gasteiger partial charge is 0.467 e. The number of aromatic nitrogens is 2. The Morgan fingerprint density at radius 1 is 1.30 bits per heavy atom. The molecular formula is C21H18FN3O3S2. The van der Waals surface area contributed by atoms with Crippen molar-refractivity contribution < 1.29 is 13.6 Å². The molecule has 1 amide bonds. The molecule has 3 heterocycles. The Bertz CT molecular complexity index is 1250. The number of aryl methyl sites for hydroxylation is 1. The predicted molar refractivity (Wildman–Crippen MR) is 117 cm³/mol. The summed E-state index contributed by atoms with van der Waals surface area (Å²) in [5.74, 6) is -0.293. The van der Waals surface area contributed by atoms with Crippen molar-refractivity contribution in [1.82, 2.24) is 9.55 Å². The Kier molecular flexibility index (Phi) is 6.01. The minimum Gasteiger partial charge on any atom is -0.467 e. The molecule has 1 aromatic carbocycles. The smallest absolute Gasteiger partial charge is 0.263 e. The van der Waals surface area contributed by atoms with Crippen molar-refractivity contribution in [3.63, 3.8) is 0 Å². The minimum absolute atomic E-state index is 0.0174. The lowest BCUT2D eigenvalue weighted by molar-refractivity contribution is -0.113. The average molecular weight is 444 g/mol. The van der Waals surface area contributed by atoms with Gasteiger partial charge in [0.1, 0.15) is 16.4 Å². The number of rotatable bonds is 7. The zero-order valence-corrected chi connectivity index (χ0v) is 17.7. The second-order valence-electron chi connectivity index (χ2n) is 6.47. The lowest BCUT2D eigenvalue weighted by Gasteiger charge is -2.11. The molecule has 6 nitrogen and oxygen atoms in total. The second-order valence-corrected chi connectivity index (χ2v) is 8.52. The summed E-state index contributed by atoms with van der Waals surface area (Å²) in [4.78, 5) is 31.8. The van der Waals surface area contributed by atoms with E-state index in [4.69, 9.17) is 4.42 Å². The van der Waals surface area contributed by atoms with Crippen molar-refractivity contribution in [2.75, 3.05) is 11.1 Å². The number of carbonyl (C=O) groups excluding carboxylic acids is 1. The fourth-order valence-corrected chi connectivity index (χ4v) is 4.72. The van der Waals surface area contributed by atoms with Crippen LogP contribution in [0.2, 0.25) is 0 Å². The second kappa shape index (κ2) is 8.85. The molecule has 3 aromatic heterocycles. The maximum absolute atomic E-state index is 13.8. The number of benzene rings is 1. The first kappa shape index (κ1) is 20.4. The van der Waals surface area contributed by atoms with Crippen molar-refractivity contribution in [3.8, 4) is 0 Å². The summed E-state index contributed by atoms with van der Waals surface area (Å²) >= 11 is 2.60. The number of para-hydroxylation sites is 1. The summed E-state index contributed by atoms with van der Waals surface area (Å²) in [6.07, 6.45) is 2.35. The Morgan fingerprint density at radius 2 is 2.13 bits per heavy atom. The topological polar surface area (TPSA) is 77.1 Å². The normalized spacial score (nSPS) is 11.1. The van der Waals surface area contributed by atoms with Gasteiger partial charge in [-0.1, -0.05) is 30.8 Å². The lowest BCUT2D eigenvalue weighted by Crippen LogP contribution is -2.24. The number of hydrogen-bond acceptors (Lipinski definition) is 6. The molecule has 0 aliphatic heterocycles. The Hall–Kier alpha value is -2.91. The number of carbonyl (C=O) groups is 1. The Morgan fingerprint density at radius 3 is 2.87 bits per heavy atom. The number of thiophene rings is 1. The molecule has 9 heteroatoms. The SMILES string of the molecule is CCc1cc2c(=O)n(Cc3ccco3)c(SCC(=O)Nc3ccccc3F)nc2s1. The maximum Gasteiger partial charge on any atom is 0.263 e. The van der Waals surface area contributed by atoms with Gasteiger partial charge in [0.05, 0.1) is 29.6 Å². The van der Waals surface area contributed by atoms with Gasteiger partial charge in [-0.05, 0) is 36.8 Å². The van der Waals surface area contributed by atoms with E-state index < -0.39 is 5.82 Å². The molecule has 4 aromatic rings. The number of amides is 1. The van der Waals surface area contributed by atoms with Crippen LogP contribution in [0.3, 0.4) is 0 Å². The molecule has 30 heavy (non-hydrogen) atoms. The van der Waals surface area contributed by atoms with Crippen LogP contribution < -0.4 is 10.9 Å². The monoisotopic (exact) mass is 443 g/mol. The highest BCUT2D eigenvalue weighted by Crippen LogP contribution is 2.26. The summed E-state index contributed by atoms with van der Waals surface area (Å²) < 4.78 is 20.7. The van der Waals surface area contributed by atoms with Gasteiger partial charge in [-0.2, -0.15) is 0 Å². The third-order valence-corrected chi connectivity index (χ3v) is 6.54. The summed E-state index contributed by atoms with van der Waals surface area (Å²) in [6, 6.07) is 11.4. The highest BCUT2D eigenvalue weighted by atomic mass is 32.2. The number of nitrogens with one attached hydrogen (secondary N) is 1.